The zero-order valence-electron chi connectivity index (χ0n) is 10.6. The molecule has 102 valence electrons. The molecule has 0 aliphatic heterocycles. The van der Waals surface area contributed by atoms with Crippen molar-refractivity contribution in [3.63, 3.8) is 0 Å². The van der Waals surface area contributed by atoms with Gasteiger partial charge in [0.25, 0.3) is 11.6 Å². The van der Waals surface area contributed by atoms with Crippen molar-refractivity contribution >= 4 is 17.3 Å². The first-order valence-electron chi connectivity index (χ1n) is 5.80. The summed E-state index contributed by atoms with van der Waals surface area (Å²) in [6.45, 7) is 1.59. The summed E-state index contributed by atoms with van der Waals surface area (Å²) in [6.07, 6.45) is 0. The molecule has 5 nitrogen and oxygen atoms in total. The molecule has 1 N–H and O–H groups in total. The molecule has 0 radical (unpaired) electrons. The van der Waals surface area contributed by atoms with E-state index >= 15 is 0 Å². The molecule has 0 aromatic heterocycles. The van der Waals surface area contributed by atoms with Gasteiger partial charge in [-0.2, -0.15) is 0 Å². The Morgan fingerprint density at radius 3 is 2.60 bits per heavy atom. The van der Waals surface area contributed by atoms with Crippen molar-refractivity contribution in [2.45, 2.75) is 6.92 Å². The molecular weight excluding hydrogens is 263 g/mol. The first kappa shape index (κ1) is 13.7. The van der Waals surface area contributed by atoms with E-state index in [2.05, 4.69) is 5.32 Å². The Hall–Kier alpha value is -2.76. The summed E-state index contributed by atoms with van der Waals surface area (Å²) in [5, 5.41) is 13.3. The number of carbonyl (C=O) groups is 1. The maximum Gasteiger partial charge on any atom is 0.292 e. The standard InChI is InChI=1S/C14H11FN2O3/c1-9-8-10(15)6-7-11(9)14(18)16-12-4-2-3-5-13(12)17(19)20/h2-8H,1H3,(H,16,18). The second kappa shape index (κ2) is 5.48. The molecule has 1 amide bonds. The molecule has 2 aromatic rings. The number of amides is 1. The van der Waals surface area contributed by atoms with E-state index in [1.54, 1.807) is 13.0 Å². The number of benzene rings is 2. The van der Waals surface area contributed by atoms with Gasteiger partial charge in [-0.05, 0) is 36.8 Å². The zero-order chi connectivity index (χ0) is 14.7. The van der Waals surface area contributed by atoms with Gasteiger partial charge >= 0.3 is 0 Å². The monoisotopic (exact) mass is 274 g/mol. The first-order chi connectivity index (χ1) is 9.49. The average Bonchev–Trinajstić information content (AvgIpc) is 2.38. The van der Waals surface area contributed by atoms with E-state index in [4.69, 9.17) is 0 Å². The number of nitrogens with one attached hydrogen (secondary N) is 1. The van der Waals surface area contributed by atoms with Crippen LogP contribution >= 0.6 is 0 Å². The summed E-state index contributed by atoms with van der Waals surface area (Å²) in [7, 11) is 0. The summed E-state index contributed by atoms with van der Waals surface area (Å²) in [5.74, 6) is -0.957. The molecule has 0 heterocycles. The van der Waals surface area contributed by atoms with Crippen molar-refractivity contribution in [2.24, 2.45) is 0 Å². The van der Waals surface area contributed by atoms with Gasteiger partial charge < -0.3 is 5.32 Å². The summed E-state index contributed by atoms with van der Waals surface area (Å²) in [4.78, 5) is 22.3. The maximum absolute atomic E-state index is 13.0. The third-order valence-electron chi connectivity index (χ3n) is 2.78. The van der Waals surface area contributed by atoms with Crippen molar-refractivity contribution in [3.8, 4) is 0 Å². The van der Waals surface area contributed by atoms with E-state index in [1.807, 2.05) is 0 Å². The number of nitrogens with zero attached hydrogens (tertiary/aromatic N) is 1. The van der Waals surface area contributed by atoms with Crippen molar-refractivity contribution in [3.05, 3.63) is 69.5 Å². The SMILES string of the molecule is Cc1cc(F)ccc1C(=O)Nc1ccccc1[N+](=O)[O-]. The van der Waals surface area contributed by atoms with Crippen LogP contribution in [0.15, 0.2) is 42.5 Å². The van der Waals surface area contributed by atoms with Crippen LogP contribution in [0, 0.1) is 22.9 Å². The number of para-hydroxylation sites is 2. The predicted octanol–water partition coefficient (Wildman–Crippen LogP) is 3.29. The minimum absolute atomic E-state index is 0.103. The Morgan fingerprint density at radius 2 is 1.95 bits per heavy atom. The zero-order valence-corrected chi connectivity index (χ0v) is 10.6. The third-order valence-corrected chi connectivity index (χ3v) is 2.78. The highest BCUT2D eigenvalue weighted by molar-refractivity contribution is 6.06. The Kier molecular flexibility index (Phi) is 3.74. The van der Waals surface area contributed by atoms with Gasteiger partial charge in [0, 0.05) is 11.6 Å². The van der Waals surface area contributed by atoms with Crippen LogP contribution in [0.2, 0.25) is 0 Å². The number of hydrogen-bond donors (Lipinski definition) is 1. The van der Waals surface area contributed by atoms with E-state index in [0.29, 0.717) is 5.56 Å². The number of halogens is 1. The highest BCUT2D eigenvalue weighted by Gasteiger charge is 2.16. The van der Waals surface area contributed by atoms with E-state index in [1.165, 1.54) is 36.4 Å². The summed E-state index contributed by atoms with van der Waals surface area (Å²) in [6, 6.07) is 9.57. The van der Waals surface area contributed by atoms with E-state index in [9.17, 15) is 19.3 Å². The second-order valence-electron chi connectivity index (χ2n) is 4.19. The molecule has 0 saturated heterocycles. The second-order valence-corrected chi connectivity index (χ2v) is 4.19. The number of anilines is 1. The number of carbonyl (C=O) groups excluding carboxylic acids is 1. The van der Waals surface area contributed by atoms with Gasteiger partial charge in [0.1, 0.15) is 11.5 Å². The van der Waals surface area contributed by atoms with Crippen LogP contribution in [-0.2, 0) is 0 Å². The fourth-order valence-electron chi connectivity index (χ4n) is 1.81. The van der Waals surface area contributed by atoms with E-state index < -0.39 is 16.6 Å². The van der Waals surface area contributed by atoms with Crippen molar-refractivity contribution in [1.29, 1.82) is 0 Å². The largest absolute Gasteiger partial charge is 0.316 e. The van der Waals surface area contributed by atoms with Gasteiger partial charge in [0.15, 0.2) is 0 Å². The molecule has 2 rings (SSSR count). The smallest absolute Gasteiger partial charge is 0.292 e. The maximum atomic E-state index is 13.0. The molecule has 0 bridgehead atoms. The molecule has 0 aliphatic carbocycles. The van der Waals surface area contributed by atoms with Crippen LogP contribution in [0.5, 0.6) is 0 Å². The summed E-state index contributed by atoms with van der Waals surface area (Å²) < 4.78 is 13.0. The van der Waals surface area contributed by atoms with Crippen LogP contribution < -0.4 is 5.32 Å². The molecule has 20 heavy (non-hydrogen) atoms. The minimum atomic E-state index is -0.576. The number of nitro groups is 1. The van der Waals surface area contributed by atoms with Gasteiger partial charge in [0.2, 0.25) is 0 Å². The quantitative estimate of drug-likeness (QED) is 0.689. The fraction of sp³-hybridized carbons (Fsp3) is 0.0714. The van der Waals surface area contributed by atoms with Crippen molar-refractivity contribution in [1.82, 2.24) is 0 Å². The van der Waals surface area contributed by atoms with Gasteiger partial charge in [0.05, 0.1) is 4.92 Å². The van der Waals surface area contributed by atoms with Gasteiger partial charge in [-0.15, -0.1) is 0 Å². The lowest BCUT2D eigenvalue weighted by molar-refractivity contribution is -0.383. The third kappa shape index (κ3) is 2.80. The molecule has 0 fully saturated rings. The molecule has 0 unspecified atom stereocenters. The molecule has 0 atom stereocenters. The van der Waals surface area contributed by atoms with E-state index in [-0.39, 0.29) is 16.9 Å². The van der Waals surface area contributed by atoms with Gasteiger partial charge in [-0.25, -0.2) is 4.39 Å². The molecule has 2 aromatic carbocycles. The lowest BCUT2D eigenvalue weighted by Gasteiger charge is -2.08. The molecule has 0 spiro atoms. The average molecular weight is 274 g/mol. The molecular formula is C14H11FN2O3. The molecule has 0 saturated carbocycles. The van der Waals surface area contributed by atoms with Crippen LogP contribution in [0.3, 0.4) is 0 Å². The Labute approximate surface area is 114 Å². The highest BCUT2D eigenvalue weighted by Crippen LogP contribution is 2.24. The Morgan fingerprint density at radius 1 is 1.25 bits per heavy atom. The van der Waals surface area contributed by atoms with Gasteiger partial charge in [-0.3, -0.25) is 14.9 Å². The van der Waals surface area contributed by atoms with Crippen LogP contribution in [0.4, 0.5) is 15.8 Å². The fourth-order valence-corrected chi connectivity index (χ4v) is 1.81. The Balaban J connectivity index is 2.30. The van der Waals surface area contributed by atoms with Crippen LogP contribution in [-0.4, -0.2) is 10.8 Å². The van der Waals surface area contributed by atoms with Gasteiger partial charge in [-0.1, -0.05) is 12.1 Å². The minimum Gasteiger partial charge on any atom is -0.316 e. The number of hydrogen-bond acceptors (Lipinski definition) is 3. The number of aryl methyl sites for hydroxylation is 1. The first-order valence-corrected chi connectivity index (χ1v) is 5.80. The lowest BCUT2D eigenvalue weighted by Crippen LogP contribution is -2.14. The number of rotatable bonds is 3. The topological polar surface area (TPSA) is 72.2 Å². The highest BCUT2D eigenvalue weighted by atomic mass is 19.1. The Bertz CT molecular complexity index is 686. The summed E-state index contributed by atoms with van der Waals surface area (Å²) in [5.41, 5.74) is 0.637. The van der Waals surface area contributed by atoms with Crippen molar-refractivity contribution < 1.29 is 14.1 Å². The predicted molar refractivity (Wildman–Crippen MR) is 72.2 cm³/mol. The summed E-state index contributed by atoms with van der Waals surface area (Å²) >= 11 is 0. The number of nitro benzene ring substituents is 1. The van der Waals surface area contributed by atoms with Crippen LogP contribution in [0.25, 0.3) is 0 Å². The van der Waals surface area contributed by atoms with Crippen molar-refractivity contribution in [2.75, 3.05) is 5.32 Å². The lowest BCUT2D eigenvalue weighted by atomic mass is 10.1. The van der Waals surface area contributed by atoms with E-state index in [0.717, 1.165) is 0 Å². The normalized spacial score (nSPS) is 10.1. The molecule has 0 aliphatic rings. The van der Waals surface area contributed by atoms with Crippen LogP contribution in [0.1, 0.15) is 15.9 Å². The molecule has 6 heteroatoms.